The quantitative estimate of drug-likeness (QED) is 0.348. The van der Waals surface area contributed by atoms with E-state index in [1.807, 2.05) is 44.2 Å². The molecule has 4 nitrogen and oxygen atoms in total. The van der Waals surface area contributed by atoms with Gasteiger partial charge in [0.25, 0.3) is 0 Å². The summed E-state index contributed by atoms with van der Waals surface area (Å²) < 4.78 is 14.6. The Labute approximate surface area is 216 Å². The van der Waals surface area contributed by atoms with E-state index in [9.17, 15) is 14.0 Å². The van der Waals surface area contributed by atoms with Crippen LogP contribution in [0.3, 0.4) is 0 Å². The Bertz CT molecular complexity index is 1140. The van der Waals surface area contributed by atoms with Gasteiger partial charge in [-0.15, -0.1) is 0 Å². The van der Waals surface area contributed by atoms with Crippen molar-refractivity contribution in [2.24, 2.45) is 0 Å². The molecule has 0 aliphatic heterocycles. The smallest absolute Gasteiger partial charge is 0.243 e. The Morgan fingerprint density at radius 1 is 0.943 bits per heavy atom. The molecule has 3 aromatic carbocycles. The minimum absolute atomic E-state index is 0.0704. The summed E-state index contributed by atoms with van der Waals surface area (Å²) in [4.78, 5) is 28.6. The van der Waals surface area contributed by atoms with E-state index in [0.29, 0.717) is 21.2 Å². The summed E-state index contributed by atoms with van der Waals surface area (Å²) in [6.07, 6.45) is 0.898. The molecule has 35 heavy (non-hydrogen) atoms. The second-order valence-electron chi connectivity index (χ2n) is 8.51. The average Bonchev–Trinajstić information content (AvgIpc) is 2.85. The summed E-state index contributed by atoms with van der Waals surface area (Å²) in [5.74, 6) is -1.11. The molecule has 1 N–H and O–H groups in total. The highest BCUT2D eigenvalue weighted by molar-refractivity contribution is 6.36. The molecule has 0 aromatic heterocycles. The molecule has 0 spiro atoms. The van der Waals surface area contributed by atoms with Crippen LogP contribution in [0.15, 0.2) is 72.8 Å². The van der Waals surface area contributed by atoms with Crippen LogP contribution in [-0.2, 0) is 29.0 Å². The highest BCUT2D eigenvalue weighted by atomic mass is 35.5. The summed E-state index contributed by atoms with van der Waals surface area (Å²) in [6.45, 7) is 3.81. The molecule has 3 rings (SSSR count). The number of hydrogen-bond acceptors (Lipinski definition) is 2. The van der Waals surface area contributed by atoms with Crippen molar-refractivity contribution in [3.8, 4) is 0 Å². The number of nitrogens with zero attached hydrogens (tertiary/aromatic N) is 1. The molecular weight excluding hydrogens is 486 g/mol. The van der Waals surface area contributed by atoms with E-state index in [2.05, 4.69) is 5.32 Å². The van der Waals surface area contributed by atoms with Crippen LogP contribution in [0.5, 0.6) is 0 Å². The third-order valence-corrected chi connectivity index (χ3v) is 6.67. The highest BCUT2D eigenvalue weighted by Crippen LogP contribution is 2.26. The zero-order chi connectivity index (χ0) is 25.4. The number of amides is 2. The van der Waals surface area contributed by atoms with Crippen LogP contribution < -0.4 is 5.32 Å². The highest BCUT2D eigenvalue weighted by Gasteiger charge is 2.32. The van der Waals surface area contributed by atoms with Crippen molar-refractivity contribution in [3.05, 3.63) is 105 Å². The molecule has 0 fully saturated rings. The molecule has 2 amide bonds. The van der Waals surface area contributed by atoms with Crippen LogP contribution in [-0.4, -0.2) is 28.8 Å². The number of rotatable bonds is 10. The normalized spacial score (nSPS) is 12.6. The van der Waals surface area contributed by atoms with Crippen molar-refractivity contribution >= 4 is 35.0 Å². The molecule has 7 heteroatoms. The van der Waals surface area contributed by atoms with Gasteiger partial charge in [0.2, 0.25) is 11.8 Å². The number of carbonyl (C=O) groups excluding carboxylic acids is 2. The van der Waals surface area contributed by atoms with Gasteiger partial charge < -0.3 is 10.2 Å². The molecule has 3 aromatic rings. The third kappa shape index (κ3) is 7.30. The first kappa shape index (κ1) is 26.7. The van der Waals surface area contributed by atoms with Gasteiger partial charge >= 0.3 is 0 Å². The molecule has 0 heterocycles. The molecule has 0 saturated carbocycles. The van der Waals surface area contributed by atoms with Crippen molar-refractivity contribution in [2.45, 2.75) is 51.7 Å². The van der Waals surface area contributed by atoms with Gasteiger partial charge in [0.05, 0.1) is 6.42 Å². The standard InChI is InChI=1S/C28H29Cl2FN2O2/c1-3-19(2)32-28(35)26(16-20-10-5-4-6-11-20)33(18-21-12-7-8-15-25(21)31)27(34)17-22-23(29)13-9-14-24(22)30/h4-15,19,26H,3,16-18H2,1-2H3,(H,32,35)/t19-,26+/m1/s1. The minimum atomic E-state index is -0.861. The number of benzene rings is 3. The monoisotopic (exact) mass is 514 g/mol. The molecule has 0 aliphatic carbocycles. The molecule has 0 aliphatic rings. The van der Waals surface area contributed by atoms with Crippen molar-refractivity contribution in [1.29, 1.82) is 0 Å². The van der Waals surface area contributed by atoms with Gasteiger partial charge in [0.15, 0.2) is 0 Å². The van der Waals surface area contributed by atoms with Gasteiger partial charge in [-0.1, -0.05) is 84.7 Å². The van der Waals surface area contributed by atoms with Crippen molar-refractivity contribution in [2.75, 3.05) is 0 Å². The van der Waals surface area contributed by atoms with E-state index in [-0.39, 0.29) is 37.2 Å². The van der Waals surface area contributed by atoms with Crippen LogP contribution in [0, 0.1) is 5.82 Å². The van der Waals surface area contributed by atoms with Crippen LogP contribution in [0.2, 0.25) is 10.0 Å². The Balaban J connectivity index is 2.02. The van der Waals surface area contributed by atoms with Gasteiger partial charge in [-0.3, -0.25) is 9.59 Å². The summed E-state index contributed by atoms with van der Waals surface area (Å²) in [7, 11) is 0. The van der Waals surface area contributed by atoms with Gasteiger partial charge in [0, 0.05) is 34.6 Å². The van der Waals surface area contributed by atoms with Crippen molar-refractivity contribution in [3.63, 3.8) is 0 Å². The Morgan fingerprint density at radius 3 is 2.20 bits per heavy atom. The summed E-state index contributed by atoms with van der Waals surface area (Å²) in [6, 6.07) is 19.8. The van der Waals surface area contributed by atoms with Gasteiger partial charge in [0.1, 0.15) is 11.9 Å². The first-order valence-corrected chi connectivity index (χ1v) is 12.4. The number of halogens is 3. The van der Waals surface area contributed by atoms with Crippen LogP contribution in [0.1, 0.15) is 37.0 Å². The first-order chi connectivity index (χ1) is 16.8. The van der Waals surface area contributed by atoms with E-state index >= 15 is 0 Å². The van der Waals surface area contributed by atoms with E-state index in [0.717, 1.165) is 12.0 Å². The molecular formula is C28H29Cl2FN2O2. The lowest BCUT2D eigenvalue weighted by Crippen LogP contribution is -2.52. The van der Waals surface area contributed by atoms with Crippen molar-refractivity contribution in [1.82, 2.24) is 10.2 Å². The maximum atomic E-state index is 14.6. The summed E-state index contributed by atoms with van der Waals surface area (Å²) >= 11 is 12.7. The zero-order valence-corrected chi connectivity index (χ0v) is 21.3. The number of nitrogens with one attached hydrogen (secondary N) is 1. The van der Waals surface area contributed by atoms with Gasteiger partial charge in [-0.2, -0.15) is 0 Å². The largest absolute Gasteiger partial charge is 0.352 e. The Kier molecular flexibility index (Phi) is 9.70. The molecule has 2 atom stereocenters. The Hall–Kier alpha value is -2.89. The van der Waals surface area contributed by atoms with Crippen LogP contribution >= 0.6 is 23.2 Å². The predicted octanol–water partition coefficient (Wildman–Crippen LogP) is 6.23. The van der Waals surface area contributed by atoms with Gasteiger partial charge in [-0.25, -0.2) is 4.39 Å². The molecule has 184 valence electrons. The third-order valence-electron chi connectivity index (χ3n) is 5.96. The lowest BCUT2D eigenvalue weighted by atomic mass is 10.0. The van der Waals surface area contributed by atoms with E-state index in [1.165, 1.54) is 11.0 Å². The number of hydrogen-bond donors (Lipinski definition) is 1. The van der Waals surface area contributed by atoms with E-state index < -0.39 is 11.9 Å². The lowest BCUT2D eigenvalue weighted by Gasteiger charge is -2.32. The first-order valence-electron chi connectivity index (χ1n) is 11.6. The maximum absolute atomic E-state index is 14.6. The minimum Gasteiger partial charge on any atom is -0.352 e. The second kappa shape index (κ2) is 12.7. The molecule has 0 bridgehead atoms. The fourth-order valence-corrected chi connectivity index (χ4v) is 4.29. The lowest BCUT2D eigenvalue weighted by molar-refractivity contribution is -0.141. The second-order valence-corrected chi connectivity index (χ2v) is 9.33. The summed E-state index contributed by atoms with van der Waals surface area (Å²) in [5.41, 5.74) is 1.68. The summed E-state index contributed by atoms with van der Waals surface area (Å²) in [5, 5.41) is 3.72. The van der Waals surface area contributed by atoms with Gasteiger partial charge in [-0.05, 0) is 42.7 Å². The topological polar surface area (TPSA) is 49.4 Å². The van der Waals surface area contributed by atoms with E-state index in [1.54, 1.807) is 36.4 Å². The van der Waals surface area contributed by atoms with Crippen LogP contribution in [0.4, 0.5) is 4.39 Å². The molecule has 0 saturated heterocycles. The number of carbonyl (C=O) groups is 2. The fraction of sp³-hybridized carbons (Fsp3) is 0.286. The SMILES string of the molecule is CC[C@@H](C)NC(=O)[C@H](Cc1ccccc1)N(Cc1ccccc1F)C(=O)Cc1c(Cl)cccc1Cl. The predicted molar refractivity (Wildman–Crippen MR) is 139 cm³/mol. The van der Waals surface area contributed by atoms with Crippen LogP contribution in [0.25, 0.3) is 0 Å². The van der Waals surface area contributed by atoms with Crippen molar-refractivity contribution < 1.29 is 14.0 Å². The fourth-order valence-electron chi connectivity index (χ4n) is 3.76. The Morgan fingerprint density at radius 2 is 1.57 bits per heavy atom. The molecule has 0 radical (unpaired) electrons. The maximum Gasteiger partial charge on any atom is 0.243 e. The zero-order valence-electron chi connectivity index (χ0n) is 19.8. The molecule has 0 unspecified atom stereocenters. The average molecular weight is 515 g/mol. The van der Waals surface area contributed by atoms with E-state index in [4.69, 9.17) is 23.2 Å².